The van der Waals surface area contributed by atoms with Gasteiger partial charge in [0.1, 0.15) is 0 Å². The largest absolute Gasteiger partial charge is 3.00 e. The Morgan fingerprint density at radius 1 is 0.571 bits per heavy atom. The van der Waals surface area contributed by atoms with Crippen molar-refractivity contribution in [3.05, 3.63) is 0 Å². The summed E-state index contributed by atoms with van der Waals surface area (Å²) in [5, 5.41) is 0. The average molecular weight is 465 g/mol. The van der Waals surface area contributed by atoms with Gasteiger partial charge in [-0.25, -0.2) is 0 Å². The van der Waals surface area contributed by atoms with Gasteiger partial charge in [-0.2, -0.15) is 0 Å². The van der Waals surface area contributed by atoms with Crippen LogP contribution in [0.5, 0.6) is 0 Å². The van der Waals surface area contributed by atoms with Crippen LogP contribution in [0, 0.1) is 88.7 Å². The molecule has 0 saturated carbocycles. The zero-order valence-electron chi connectivity index (χ0n) is 3.11. The van der Waals surface area contributed by atoms with Crippen molar-refractivity contribution in [2.24, 2.45) is 0 Å². The van der Waals surface area contributed by atoms with Crippen LogP contribution >= 0.6 is 0 Å². The monoisotopic (exact) mass is 466 g/mol. The molecule has 7 heteroatoms. The normalized spacial score (nSPS) is 0. The predicted octanol–water partition coefficient (Wildman–Crippen LogP) is -0.856. The van der Waals surface area contributed by atoms with Crippen molar-refractivity contribution in [3.63, 3.8) is 0 Å². The Kier molecular flexibility index (Phi) is 459. The summed E-state index contributed by atoms with van der Waals surface area (Å²) in [6, 6.07) is 0. The van der Waals surface area contributed by atoms with Crippen LogP contribution in [0.1, 0.15) is 0 Å². The topological polar surface area (TPSA) is 114 Å². The molecule has 0 spiro atoms. The second-order valence-corrected chi connectivity index (χ2v) is 0. The van der Waals surface area contributed by atoms with E-state index in [2.05, 4.69) is 0 Å². The summed E-state index contributed by atoms with van der Waals surface area (Å²) in [6.07, 6.45) is 0. The summed E-state index contributed by atoms with van der Waals surface area (Å²) < 4.78 is 0. The van der Waals surface area contributed by atoms with Crippen molar-refractivity contribution in [1.29, 1.82) is 0 Å². The van der Waals surface area contributed by atoms with E-state index >= 15 is 0 Å². The van der Waals surface area contributed by atoms with Gasteiger partial charge in [-0.3, -0.25) is 0 Å². The van der Waals surface area contributed by atoms with E-state index in [4.69, 9.17) is 0 Å². The van der Waals surface area contributed by atoms with Gasteiger partial charge in [0.15, 0.2) is 0 Å². The van der Waals surface area contributed by atoms with Gasteiger partial charge in [-0.05, 0) is 0 Å². The molecule has 0 aliphatic rings. The molecule has 0 N–H and O–H groups in total. The van der Waals surface area contributed by atoms with Crippen LogP contribution in [-0.4, -0.2) is 45.5 Å². The predicted molar refractivity (Wildman–Crippen MR) is 8.50 cm³/mol. The van der Waals surface area contributed by atoms with E-state index in [0.717, 1.165) is 0 Å². The summed E-state index contributed by atoms with van der Waals surface area (Å²) in [4.78, 5) is 0. The van der Waals surface area contributed by atoms with Crippen LogP contribution in [0.3, 0.4) is 0 Å². The minimum absolute atomic E-state index is 0. The SMILES string of the molecule is [Ce+3].[O-2].[O-2].[O-2].[O-2].[Sr+2].[Yb+3]. The molecule has 0 unspecified atom stereocenters. The van der Waals surface area contributed by atoms with Crippen molar-refractivity contribution in [1.82, 2.24) is 0 Å². The summed E-state index contributed by atoms with van der Waals surface area (Å²) >= 11 is 0. The van der Waals surface area contributed by atoms with Gasteiger partial charge in [0, 0.05) is 0 Å². The molecule has 2 radical (unpaired) electrons. The Labute approximate surface area is 151 Å². The van der Waals surface area contributed by atoms with Gasteiger partial charge in [0.25, 0.3) is 0 Å². The van der Waals surface area contributed by atoms with Gasteiger partial charge in [-0.1, -0.05) is 0 Å². The second kappa shape index (κ2) is 48.8. The Hall–Kier alpha value is 4.22. The first kappa shape index (κ1) is 65.8. The van der Waals surface area contributed by atoms with E-state index < -0.39 is 0 Å². The van der Waals surface area contributed by atoms with Crippen molar-refractivity contribution in [2.45, 2.75) is 0 Å². The first-order valence-corrected chi connectivity index (χ1v) is 0. The van der Waals surface area contributed by atoms with Gasteiger partial charge in [0.05, 0.1) is 0 Å². The van der Waals surface area contributed by atoms with Crippen LogP contribution in [0.4, 0.5) is 0 Å². The average Bonchev–Trinajstić information content (AvgIpc) is 0. The van der Waals surface area contributed by atoms with Gasteiger partial charge < -0.3 is 21.9 Å². The van der Waals surface area contributed by atoms with Crippen LogP contribution in [0.25, 0.3) is 0 Å². The quantitative estimate of drug-likeness (QED) is 0.415. The summed E-state index contributed by atoms with van der Waals surface area (Å²) in [5.41, 5.74) is 0. The molecule has 0 amide bonds. The Morgan fingerprint density at radius 2 is 0.571 bits per heavy atom. The maximum atomic E-state index is 0. The second-order valence-electron chi connectivity index (χ2n) is 0. The van der Waals surface area contributed by atoms with Gasteiger partial charge in [0.2, 0.25) is 0 Å². The van der Waals surface area contributed by atoms with E-state index in [1.807, 2.05) is 0 Å². The molecule has 0 aliphatic carbocycles. The van der Waals surface area contributed by atoms with E-state index in [1.54, 1.807) is 0 Å². The Balaban J connectivity index is 0. The van der Waals surface area contributed by atoms with Crippen molar-refractivity contribution in [3.8, 4) is 0 Å². The molecule has 0 aromatic carbocycles. The summed E-state index contributed by atoms with van der Waals surface area (Å²) in [7, 11) is 0. The molecular weight excluding hydrogens is 465 g/mol. The van der Waals surface area contributed by atoms with Crippen molar-refractivity contribution >= 4 is 45.5 Å². The van der Waals surface area contributed by atoms with Crippen molar-refractivity contribution < 1.29 is 111 Å². The fourth-order valence-electron chi connectivity index (χ4n) is 0. The van der Waals surface area contributed by atoms with E-state index in [1.165, 1.54) is 0 Å². The van der Waals surface area contributed by atoms with Crippen molar-refractivity contribution in [2.75, 3.05) is 0 Å². The fourth-order valence-corrected chi connectivity index (χ4v) is 0. The van der Waals surface area contributed by atoms with E-state index in [9.17, 15) is 0 Å². The minimum Gasteiger partial charge on any atom is -2.00 e. The molecule has 0 saturated heterocycles. The molecule has 0 rings (SSSR count). The molecular formula is CeO4SrYb. The molecule has 0 aromatic rings. The summed E-state index contributed by atoms with van der Waals surface area (Å²) in [5.74, 6) is 0. The smallest absolute Gasteiger partial charge is 2.00 e. The third kappa shape index (κ3) is 38.8. The van der Waals surface area contributed by atoms with Crippen LogP contribution in [0.15, 0.2) is 0 Å². The first-order valence-electron chi connectivity index (χ1n) is 0. The number of rotatable bonds is 0. The zero-order valence-corrected chi connectivity index (χ0v) is 11.4. The van der Waals surface area contributed by atoms with Gasteiger partial charge in [-0.15, -0.1) is 0 Å². The third-order valence-corrected chi connectivity index (χ3v) is 0. The molecule has 7 heavy (non-hydrogen) atoms. The maximum absolute atomic E-state index is 0. The van der Waals surface area contributed by atoms with E-state index in [-0.39, 0.29) is 156 Å². The van der Waals surface area contributed by atoms with Gasteiger partial charge >= 0.3 is 134 Å². The molecule has 0 bridgehead atoms. The molecule has 0 atom stereocenters. The van der Waals surface area contributed by atoms with Crippen LogP contribution in [-0.2, 0) is 21.9 Å². The number of hydrogen-bond acceptors (Lipinski definition) is 0. The Morgan fingerprint density at radius 3 is 0.571 bits per heavy atom. The molecule has 0 fully saturated rings. The molecule has 0 heterocycles. The fraction of sp³-hybridized carbons (Fsp3) is 0. The van der Waals surface area contributed by atoms with Crippen LogP contribution < -0.4 is 0 Å². The Bertz CT molecular complexity index is 11.7. The standard InChI is InChI=1S/Ce.4O.Sr.Yb/q+3;4*-2;+2;+3. The first-order chi connectivity index (χ1) is 0. The molecule has 0 aliphatic heterocycles. The molecule has 0 aromatic heterocycles. The zero-order chi connectivity index (χ0) is 0. The number of hydrogen-bond donors (Lipinski definition) is 0. The van der Waals surface area contributed by atoms with Crippen LogP contribution in [0.2, 0.25) is 0 Å². The third-order valence-electron chi connectivity index (χ3n) is 0. The molecule has 4 nitrogen and oxygen atoms in total. The summed E-state index contributed by atoms with van der Waals surface area (Å²) in [6.45, 7) is 0. The van der Waals surface area contributed by atoms with E-state index in [0.29, 0.717) is 0 Å². The minimum atomic E-state index is 0. The molecule has 44 valence electrons. The maximum Gasteiger partial charge on any atom is 3.00 e.